The summed E-state index contributed by atoms with van der Waals surface area (Å²) in [7, 11) is 1.53. The van der Waals surface area contributed by atoms with Crippen LogP contribution in [-0.2, 0) is 16.1 Å². The van der Waals surface area contributed by atoms with Gasteiger partial charge in [-0.2, -0.15) is 0 Å². The summed E-state index contributed by atoms with van der Waals surface area (Å²) in [6.07, 6.45) is 10.1. The molecule has 0 aliphatic carbocycles. The summed E-state index contributed by atoms with van der Waals surface area (Å²) in [6.45, 7) is 9.26. The van der Waals surface area contributed by atoms with Crippen LogP contribution in [0.25, 0.3) is 0 Å². The molecule has 0 spiro atoms. The van der Waals surface area contributed by atoms with E-state index in [0.29, 0.717) is 18.9 Å². The Morgan fingerprint density at radius 3 is 2.55 bits per heavy atom. The van der Waals surface area contributed by atoms with E-state index in [-0.39, 0.29) is 43.1 Å². The van der Waals surface area contributed by atoms with Crippen molar-refractivity contribution in [2.24, 2.45) is 9.98 Å². The van der Waals surface area contributed by atoms with Gasteiger partial charge in [0.2, 0.25) is 5.91 Å². The predicted molar refractivity (Wildman–Crippen MR) is 152 cm³/mol. The number of carbonyl (C=O) groups excluding carboxylic acids is 2. The molecule has 1 unspecified atom stereocenters. The Labute approximate surface area is 225 Å². The fraction of sp³-hybridized carbons (Fsp3) is 0.448. The van der Waals surface area contributed by atoms with Gasteiger partial charge in [0.05, 0.1) is 6.04 Å². The van der Waals surface area contributed by atoms with Crippen molar-refractivity contribution in [3.63, 3.8) is 0 Å². The lowest BCUT2D eigenvalue weighted by Crippen LogP contribution is -2.44. The first-order valence-corrected chi connectivity index (χ1v) is 12.9. The van der Waals surface area contributed by atoms with Crippen molar-refractivity contribution in [3.8, 4) is 0 Å². The molecule has 0 fully saturated rings. The number of nitrogens with zero attached hydrogens (tertiary/aromatic N) is 4. The lowest BCUT2D eigenvalue weighted by atomic mass is 10.1. The summed E-state index contributed by atoms with van der Waals surface area (Å²) in [5, 5.41) is 2.79. The van der Waals surface area contributed by atoms with Crippen molar-refractivity contribution in [1.82, 2.24) is 15.1 Å². The van der Waals surface area contributed by atoms with E-state index >= 15 is 0 Å². The van der Waals surface area contributed by atoms with E-state index in [1.807, 2.05) is 80.3 Å². The second-order valence-corrected chi connectivity index (χ2v) is 8.56. The lowest BCUT2D eigenvalue weighted by Gasteiger charge is -2.25. The van der Waals surface area contributed by atoms with Crippen LogP contribution in [0.1, 0.15) is 46.6 Å². The first kappa shape index (κ1) is 32.4. The Morgan fingerprint density at radius 1 is 1.24 bits per heavy atom. The Balaban J connectivity index is 0.00000352. The van der Waals surface area contributed by atoms with Gasteiger partial charge in [0.1, 0.15) is 6.67 Å². The molecule has 0 aromatic heterocycles. The Bertz CT molecular complexity index is 1030. The normalized spacial score (nSPS) is 17.8. The van der Waals surface area contributed by atoms with E-state index in [9.17, 15) is 18.4 Å². The van der Waals surface area contributed by atoms with Gasteiger partial charge in [-0.15, -0.1) is 0 Å². The molecule has 38 heavy (non-hydrogen) atoms. The number of allylic oxidation sites excluding steroid dienone is 4. The summed E-state index contributed by atoms with van der Waals surface area (Å²) < 4.78 is 26.8. The Morgan fingerprint density at radius 2 is 1.92 bits per heavy atom. The Hall–Kier alpha value is -3.62. The topological polar surface area (TPSA) is 77.4 Å². The molecule has 1 atom stereocenters. The number of hydrogen-bond donors (Lipinski definition) is 1. The van der Waals surface area contributed by atoms with Gasteiger partial charge in [-0.05, 0) is 19.4 Å². The number of amidine groups is 1. The Kier molecular flexibility index (Phi) is 14.5. The molecule has 2 amide bonds. The van der Waals surface area contributed by atoms with Gasteiger partial charge in [-0.25, -0.2) is 8.78 Å². The third kappa shape index (κ3) is 11.6. The molecular formula is C29H41F2N5O2. The van der Waals surface area contributed by atoms with Gasteiger partial charge in [0.15, 0.2) is 5.84 Å². The third-order valence-electron chi connectivity index (χ3n) is 5.40. The number of hydrogen-bond acceptors (Lipinski definition) is 5. The minimum atomic E-state index is -3.00. The van der Waals surface area contributed by atoms with Crippen molar-refractivity contribution in [2.45, 2.75) is 59.5 Å². The van der Waals surface area contributed by atoms with Crippen LogP contribution in [0.2, 0.25) is 0 Å². The van der Waals surface area contributed by atoms with Crippen LogP contribution >= 0.6 is 0 Å². The van der Waals surface area contributed by atoms with Gasteiger partial charge in [0, 0.05) is 51.8 Å². The van der Waals surface area contributed by atoms with Crippen LogP contribution in [0.4, 0.5) is 8.78 Å². The molecule has 0 radical (unpaired) electrons. The molecule has 7 nitrogen and oxygen atoms in total. The zero-order valence-electron chi connectivity index (χ0n) is 23.3. The molecule has 1 aromatic rings. The van der Waals surface area contributed by atoms with E-state index in [1.54, 1.807) is 0 Å². The van der Waals surface area contributed by atoms with Crippen molar-refractivity contribution in [3.05, 3.63) is 71.8 Å². The maximum absolute atomic E-state index is 13.4. The molecule has 9 heteroatoms. The van der Waals surface area contributed by atoms with Crippen LogP contribution < -0.4 is 5.32 Å². The maximum atomic E-state index is 13.4. The fourth-order valence-electron chi connectivity index (χ4n) is 3.38. The van der Waals surface area contributed by atoms with Crippen molar-refractivity contribution in [1.29, 1.82) is 0 Å². The van der Waals surface area contributed by atoms with Gasteiger partial charge >= 0.3 is 0 Å². The predicted octanol–water partition coefficient (Wildman–Crippen LogP) is 5.02. The number of alkyl halides is 2. The third-order valence-corrected chi connectivity index (χ3v) is 5.40. The fourth-order valence-corrected chi connectivity index (χ4v) is 3.38. The SMILES string of the molecule is C/C=C(\C=N/CN(C)C(=O)CCNC(=O)C1=NC(C)/C=C\C=C/CN1Cc1ccccc1)C(C)(F)F.CC. The quantitative estimate of drug-likeness (QED) is 0.432. The van der Waals surface area contributed by atoms with Crippen LogP contribution in [-0.4, -0.2) is 72.4 Å². The largest absolute Gasteiger partial charge is 0.349 e. The van der Waals surface area contributed by atoms with E-state index in [0.717, 1.165) is 18.7 Å². The number of amides is 2. The number of carbonyl (C=O) groups is 2. The lowest BCUT2D eigenvalue weighted by molar-refractivity contribution is -0.129. The number of nitrogens with one attached hydrogen (secondary N) is 1. The van der Waals surface area contributed by atoms with E-state index in [4.69, 9.17) is 0 Å². The average molecular weight is 530 g/mol. The van der Waals surface area contributed by atoms with Gasteiger partial charge in [0.25, 0.3) is 11.8 Å². The highest BCUT2D eigenvalue weighted by atomic mass is 19.3. The first-order chi connectivity index (χ1) is 18.1. The zero-order valence-corrected chi connectivity index (χ0v) is 23.3. The maximum Gasteiger partial charge on any atom is 0.286 e. The number of rotatable bonds is 10. The molecule has 208 valence electrons. The first-order valence-electron chi connectivity index (χ1n) is 12.9. The number of benzene rings is 1. The molecule has 0 saturated heterocycles. The van der Waals surface area contributed by atoms with Crippen LogP contribution in [0.3, 0.4) is 0 Å². The second kappa shape index (κ2) is 17.0. The van der Waals surface area contributed by atoms with Gasteiger partial charge in [-0.1, -0.05) is 74.6 Å². The van der Waals surface area contributed by atoms with Crippen molar-refractivity contribution >= 4 is 23.9 Å². The van der Waals surface area contributed by atoms with Gasteiger partial charge < -0.3 is 15.1 Å². The van der Waals surface area contributed by atoms with E-state index in [1.165, 1.54) is 24.9 Å². The van der Waals surface area contributed by atoms with Crippen LogP contribution in [0.5, 0.6) is 0 Å². The van der Waals surface area contributed by atoms with Crippen LogP contribution in [0, 0.1) is 0 Å². The van der Waals surface area contributed by atoms with Crippen molar-refractivity contribution < 1.29 is 18.4 Å². The molecule has 1 aliphatic rings. The molecule has 1 aromatic carbocycles. The highest BCUT2D eigenvalue weighted by Crippen LogP contribution is 2.21. The highest BCUT2D eigenvalue weighted by molar-refractivity contribution is 6.37. The molecule has 1 heterocycles. The summed E-state index contributed by atoms with van der Waals surface area (Å²) >= 11 is 0. The molecule has 2 rings (SSSR count). The zero-order chi connectivity index (χ0) is 28.6. The molecule has 0 bridgehead atoms. The molecule has 1 N–H and O–H groups in total. The van der Waals surface area contributed by atoms with Gasteiger partial charge in [-0.3, -0.25) is 19.6 Å². The molecular weight excluding hydrogens is 488 g/mol. The van der Waals surface area contributed by atoms with Crippen LogP contribution in [0.15, 0.2) is 76.3 Å². The minimum Gasteiger partial charge on any atom is -0.349 e. The highest BCUT2D eigenvalue weighted by Gasteiger charge is 2.25. The molecule has 0 saturated carbocycles. The summed E-state index contributed by atoms with van der Waals surface area (Å²) in [5.41, 5.74) is 0.830. The second-order valence-electron chi connectivity index (χ2n) is 8.56. The van der Waals surface area contributed by atoms with Crippen molar-refractivity contribution in [2.75, 3.05) is 26.8 Å². The average Bonchev–Trinajstić information content (AvgIpc) is 2.98. The van der Waals surface area contributed by atoms with E-state index < -0.39 is 5.92 Å². The summed E-state index contributed by atoms with van der Waals surface area (Å²) in [5.74, 6) is -3.33. The van der Waals surface area contributed by atoms with E-state index in [2.05, 4.69) is 15.3 Å². The smallest absolute Gasteiger partial charge is 0.286 e. The number of aliphatic imine (C=N–C) groups is 2. The molecule has 1 aliphatic heterocycles. The summed E-state index contributed by atoms with van der Waals surface area (Å²) in [4.78, 5) is 37.3. The number of halogens is 2. The standard InChI is InChI=1S/C27H35F2N5O2.C2H6/c1-5-23(27(3,28)29)18-30-20-33(4)24(35)15-16-31-26(36)25-32-21(2)12-8-7-11-17-34(25)19-22-13-9-6-10-14-22;1-2/h5-14,18,21H,15-17,19-20H2,1-4H3,(H,31,36);1-2H3/b11-7-,12-8-,23-5+,30-18-,32-25?;. The minimum absolute atomic E-state index is 0.0412. The summed E-state index contributed by atoms with van der Waals surface area (Å²) in [6, 6.07) is 9.61. The monoisotopic (exact) mass is 529 g/mol.